The van der Waals surface area contributed by atoms with Crippen LogP contribution in [0.3, 0.4) is 0 Å². The summed E-state index contributed by atoms with van der Waals surface area (Å²) in [5, 5.41) is 8.51. The lowest BCUT2D eigenvalue weighted by Gasteiger charge is -2.00. The molecule has 0 saturated carbocycles. The van der Waals surface area contributed by atoms with E-state index in [1.165, 1.54) is 10.6 Å². The van der Waals surface area contributed by atoms with Crippen molar-refractivity contribution < 1.29 is 19.1 Å². The molecule has 1 aromatic heterocycles. The Morgan fingerprint density at radius 3 is 2.74 bits per heavy atom. The minimum Gasteiger partial charge on any atom is -0.481 e. The van der Waals surface area contributed by atoms with Gasteiger partial charge in [0.2, 0.25) is 0 Å². The Kier molecular flexibility index (Phi) is 3.50. The maximum absolute atomic E-state index is 11.8. The summed E-state index contributed by atoms with van der Waals surface area (Å²) in [6, 6.07) is 4.77. The molecule has 0 saturated heterocycles. The molecule has 2 aromatic rings. The molecular weight excluding hydrogens is 250 g/mol. The number of carboxylic acid groups (broad SMARTS) is 1. The van der Waals surface area contributed by atoms with E-state index in [0.29, 0.717) is 23.1 Å². The molecule has 0 aliphatic rings. The van der Waals surface area contributed by atoms with Crippen LogP contribution in [-0.4, -0.2) is 21.4 Å². The molecule has 0 radical (unpaired) electrons. The summed E-state index contributed by atoms with van der Waals surface area (Å²) >= 11 is 0. The summed E-state index contributed by atoms with van der Waals surface area (Å²) in [4.78, 5) is 33.5. The summed E-state index contributed by atoms with van der Waals surface area (Å²) in [6.07, 6.45) is 0.425. The lowest BCUT2D eigenvalue weighted by Crippen LogP contribution is -2.08. The van der Waals surface area contributed by atoms with Crippen LogP contribution >= 0.6 is 0 Å². The van der Waals surface area contributed by atoms with Gasteiger partial charge in [0.15, 0.2) is 11.4 Å². The normalized spacial score (nSPS) is 10.8. The maximum atomic E-state index is 11.8. The van der Waals surface area contributed by atoms with Crippen LogP contribution in [-0.2, 0) is 11.8 Å². The van der Waals surface area contributed by atoms with E-state index in [-0.39, 0.29) is 18.6 Å². The van der Waals surface area contributed by atoms with Gasteiger partial charge in [-0.05, 0) is 24.6 Å². The van der Waals surface area contributed by atoms with Crippen molar-refractivity contribution in [2.75, 3.05) is 0 Å². The number of aliphatic carboxylic acids is 1. The highest BCUT2D eigenvalue weighted by atomic mass is 16.4. The van der Waals surface area contributed by atoms with Gasteiger partial charge >= 0.3 is 11.7 Å². The third kappa shape index (κ3) is 2.73. The third-order valence-electron chi connectivity index (χ3n) is 2.91. The first kappa shape index (κ1) is 13.1. The second-order valence-corrected chi connectivity index (χ2v) is 4.28. The molecule has 0 amide bonds. The van der Waals surface area contributed by atoms with Crippen molar-refractivity contribution in [1.82, 2.24) is 4.57 Å². The molecule has 0 fully saturated rings. The van der Waals surface area contributed by atoms with Crippen LogP contribution in [0.1, 0.15) is 29.6 Å². The zero-order valence-corrected chi connectivity index (χ0v) is 10.4. The zero-order chi connectivity index (χ0) is 14.0. The number of Topliss-reactive ketones (excluding diaryl/α,β-unsaturated/α-hetero) is 1. The van der Waals surface area contributed by atoms with Crippen LogP contribution < -0.4 is 5.76 Å². The highest BCUT2D eigenvalue weighted by molar-refractivity contribution is 5.98. The molecule has 6 heteroatoms. The van der Waals surface area contributed by atoms with Crippen molar-refractivity contribution in [3.8, 4) is 0 Å². The molecule has 19 heavy (non-hydrogen) atoms. The van der Waals surface area contributed by atoms with Crippen molar-refractivity contribution >= 4 is 22.9 Å². The van der Waals surface area contributed by atoms with E-state index >= 15 is 0 Å². The van der Waals surface area contributed by atoms with Crippen molar-refractivity contribution in [3.63, 3.8) is 0 Å². The molecule has 0 unspecified atom stereocenters. The van der Waals surface area contributed by atoms with Gasteiger partial charge in [-0.15, -0.1) is 0 Å². The topological polar surface area (TPSA) is 89.5 Å². The third-order valence-corrected chi connectivity index (χ3v) is 2.91. The average molecular weight is 263 g/mol. The Labute approximate surface area is 108 Å². The molecule has 0 bridgehead atoms. The number of oxazole rings is 1. The number of carbonyl (C=O) groups is 2. The van der Waals surface area contributed by atoms with Crippen LogP contribution in [0.15, 0.2) is 27.4 Å². The van der Waals surface area contributed by atoms with E-state index in [2.05, 4.69) is 0 Å². The Bertz CT molecular complexity index is 695. The summed E-state index contributed by atoms with van der Waals surface area (Å²) in [5.41, 5.74) is 1.40. The minimum absolute atomic E-state index is 0.0333. The standard InChI is InChI=1S/C13H13NO5/c1-14-9-6-5-8(7-11(9)19-13(14)18)10(15)3-2-4-12(16)17/h5-7H,2-4H2,1H3,(H,16,17). The highest BCUT2D eigenvalue weighted by Crippen LogP contribution is 2.16. The molecule has 6 nitrogen and oxygen atoms in total. The second kappa shape index (κ2) is 5.09. The minimum atomic E-state index is -0.919. The number of hydrogen-bond acceptors (Lipinski definition) is 4. The molecule has 100 valence electrons. The number of aryl methyl sites for hydroxylation is 1. The van der Waals surface area contributed by atoms with Gasteiger partial charge in [0.05, 0.1) is 5.52 Å². The number of rotatable bonds is 5. The van der Waals surface area contributed by atoms with Gasteiger partial charge in [-0.25, -0.2) is 4.79 Å². The number of hydrogen-bond donors (Lipinski definition) is 1. The van der Waals surface area contributed by atoms with Gasteiger partial charge in [0.25, 0.3) is 0 Å². The van der Waals surface area contributed by atoms with Gasteiger partial charge < -0.3 is 9.52 Å². The van der Waals surface area contributed by atoms with E-state index in [0.717, 1.165) is 0 Å². The summed E-state index contributed by atoms with van der Waals surface area (Å²) < 4.78 is 6.35. The molecule has 1 aromatic carbocycles. The first-order valence-corrected chi connectivity index (χ1v) is 5.83. The number of ketones is 1. The van der Waals surface area contributed by atoms with E-state index in [1.54, 1.807) is 19.2 Å². The van der Waals surface area contributed by atoms with Gasteiger partial charge in [0, 0.05) is 25.5 Å². The predicted molar refractivity (Wildman–Crippen MR) is 67.3 cm³/mol. The maximum Gasteiger partial charge on any atom is 0.419 e. The predicted octanol–water partition coefficient (Wildman–Crippen LogP) is 1.57. The summed E-state index contributed by atoms with van der Waals surface area (Å²) in [7, 11) is 1.59. The SMILES string of the molecule is Cn1c(=O)oc2cc(C(=O)CCCC(=O)O)ccc21. The molecule has 0 spiro atoms. The van der Waals surface area contributed by atoms with Crippen molar-refractivity contribution in [1.29, 1.82) is 0 Å². The van der Waals surface area contributed by atoms with Gasteiger partial charge in [-0.3, -0.25) is 14.2 Å². The number of carbonyl (C=O) groups excluding carboxylic acids is 1. The van der Waals surface area contributed by atoms with Crippen molar-refractivity contribution in [2.24, 2.45) is 7.05 Å². The van der Waals surface area contributed by atoms with Crippen LogP contribution in [0.5, 0.6) is 0 Å². The summed E-state index contributed by atoms with van der Waals surface area (Å²) in [6.45, 7) is 0. The van der Waals surface area contributed by atoms with Gasteiger partial charge in [-0.1, -0.05) is 0 Å². The fourth-order valence-electron chi connectivity index (χ4n) is 1.85. The lowest BCUT2D eigenvalue weighted by molar-refractivity contribution is -0.137. The number of nitrogens with zero attached hydrogens (tertiary/aromatic N) is 1. The number of benzene rings is 1. The molecule has 1 N–H and O–H groups in total. The molecule has 0 aliphatic carbocycles. The Hall–Kier alpha value is -2.37. The average Bonchev–Trinajstić information content (AvgIpc) is 2.64. The monoisotopic (exact) mass is 263 g/mol. The van der Waals surface area contributed by atoms with Crippen molar-refractivity contribution in [2.45, 2.75) is 19.3 Å². The Balaban J connectivity index is 2.19. The second-order valence-electron chi connectivity index (χ2n) is 4.28. The molecule has 2 rings (SSSR count). The van der Waals surface area contributed by atoms with Crippen LogP contribution in [0.4, 0.5) is 0 Å². The van der Waals surface area contributed by atoms with Gasteiger partial charge in [0.1, 0.15) is 0 Å². The van der Waals surface area contributed by atoms with E-state index in [1.807, 2.05) is 0 Å². The Morgan fingerprint density at radius 1 is 1.32 bits per heavy atom. The van der Waals surface area contributed by atoms with Crippen LogP contribution in [0.25, 0.3) is 11.1 Å². The zero-order valence-electron chi connectivity index (χ0n) is 10.4. The lowest BCUT2D eigenvalue weighted by atomic mass is 10.1. The van der Waals surface area contributed by atoms with E-state index in [4.69, 9.17) is 9.52 Å². The first-order valence-electron chi connectivity index (χ1n) is 5.83. The number of aromatic nitrogens is 1. The Morgan fingerprint density at radius 2 is 2.05 bits per heavy atom. The quantitative estimate of drug-likeness (QED) is 0.827. The van der Waals surface area contributed by atoms with E-state index < -0.39 is 11.7 Å². The first-order chi connectivity index (χ1) is 8.99. The van der Waals surface area contributed by atoms with E-state index in [9.17, 15) is 14.4 Å². The van der Waals surface area contributed by atoms with Crippen molar-refractivity contribution in [3.05, 3.63) is 34.3 Å². The smallest absolute Gasteiger partial charge is 0.419 e. The molecule has 0 aliphatic heterocycles. The molecular formula is C13H13NO5. The number of carboxylic acids is 1. The fraction of sp³-hybridized carbons (Fsp3) is 0.308. The molecule has 0 atom stereocenters. The van der Waals surface area contributed by atoms with Gasteiger partial charge in [-0.2, -0.15) is 0 Å². The summed E-state index contributed by atoms with van der Waals surface area (Å²) in [5.74, 6) is -1.56. The molecule has 1 heterocycles. The van der Waals surface area contributed by atoms with Crippen LogP contribution in [0.2, 0.25) is 0 Å². The largest absolute Gasteiger partial charge is 0.481 e. The van der Waals surface area contributed by atoms with Crippen LogP contribution in [0, 0.1) is 0 Å². The fourth-order valence-corrected chi connectivity index (χ4v) is 1.85. The number of fused-ring (bicyclic) bond motifs is 1. The highest BCUT2D eigenvalue weighted by Gasteiger charge is 2.11.